The van der Waals surface area contributed by atoms with Gasteiger partial charge in [-0.15, -0.1) is 0 Å². The fourth-order valence-corrected chi connectivity index (χ4v) is 2.07. The van der Waals surface area contributed by atoms with E-state index in [9.17, 15) is 5.11 Å². The molecule has 1 aromatic rings. The summed E-state index contributed by atoms with van der Waals surface area (Å²) in [6, 6.07) is 9.75. The Morgan fingerprint density at radius 3 is 2.42 bits per heavy atom. The Morgan fingerprint density at radius 2 is 1.95 bits per heavy atom. The van der Waals surface area contributed by atoms with Crippen LogP contribution in [-0.2, 0) is 0 Å². The minimum atomic E-state index is -0.760. The van der Waals surface area contributed by atoms with Gasteiger partial charge in [0.15, 0.2) is 0 Å². The maximum Gasteiger partial charge on any atom is 0.0991 e. The Labute approximate surface area is 115 Å². The first-order valence-electron chi connectivity index (χ1n) is 6.44. The van der Waals surface area contributed by atoms with Crippen molar-refractivity contribution in [3.05, 3.63) is 35.4 Å². The highest BCUT2D eigenvalue weighted by molar-refractivity contribution is 5.32. The van der Waals surface area contributed by atoms with E-state index in [1.54, 1.807) is 0 Å². The lowest BCUT2D eigenvalue weighted by Crippen LogP contribution is -2.46. The van der Waals surface area contributed by atoms with Gasteiger partial charge in [0, 0.05) is 19.1 Å². The van der Waals surface area contributed by atoms with Gasteiger partial charge in [-0.25, -0.2) is 0 Å². The summed E-state index contributed by atoms with van der Waals surface area (Å²) in [6.07, 6.45) is 0. The summed E-state index contributed by atoms with van der Waals surface area (Å²) in [4.78, 5) is 1.97. The predicted octanol–water partition coefficient (Wildman–Crippen LogP) is 1.52. The molecule has 19 heavy (non-hydrogen) atoms. The van der Waals surface area contributed by atoms with Crippen LogP contribution in [0.4, 0.5) is 0 Å². The molecule has 2 atom stereocenters. The van der Waals surface area contributed by atoms with Gasteiger partial charge in [-0.3, -0.25) is 0 Å². The maximum atomic E-state index is 10.2. The van der Waals surface area contributed by atoms with Gasteiger partial charge in [-0.05, 0) is 45.6 Å². The van der Waals surface area contributed by atoms with Crippen LogP contribution in [0.15, 0.2) is 24.3 Å². The second kappa shape index (κ2) is 6.67. The monoisotopic (exact) mass is 261 g/mol. The molecule has 0 aliphatic heterocycles. The summed E-state index contributed by atoms with van der Waals surface area (Å²) in [6.45, 7) is 5.01. The predicted molar refractivity (Wildman–Crippen MR) is 76.8 cm³/mol. The van der Waals surface area contributed by atoms with Crippen molar-refractivity contribution in [2.24, 2.45) is 0 Å². The van der Waals surface area contributed by atoms with Crippen LogP contribution in [0.5, 0.6) is 0 Å². The number of nitrogens with one attached hydrogen (secondary N) is 1. The van der Waals surface area contributed by atoms with E-state index in [2.05, 4.69) is 11.4 Å². The third-order valence-electron chi connectivity index (χ3n) is 2.99. The highest BCUT2D eigenvalue weighted by Crippen LogP contribution is 2.14. The number of rotatable bonds is 6. The first kappa shape index (κ1) is 15.6. The summed E-state index contributed by atoms with van der Waals surface area (Å²) in [7, 11) is 3.89. The number of hydrogen-bond donors (Lipinski definition) is 2. The zero-order valence-electron chi connectivity index (χ0n) is 12.1. The molecule has 0 saturated carbocycles. The van der Waals surface area contributed by atoms with Crippen LogP contribution < -0.4 is 5.32 Å². The smallest absolute Gasteiger partial charge is 0.0991 e. The molecule has 1 rings (SSSR count). The van der Waals surface area contributed by atoms with Crippen LogP contribution in [0.25, 0.3) is 0 Å². The molecular formula is C15H23N3O. The highest BCUT2D eigenvalue weighted by atomic mass is 16.3. The SMILES string of the molecule is CC(NCC(C)(O)CN(C)C)c1ccc(C#N)cc1. The van der Waals surface area contributed by atoms with Crippen molar-refractivity contribution >= 4 is 0 Å². The highest BCUT2D eigenvalue weighted by Gasteiger charge is 2.21. The number of hydrogen-bond acceptors (Lipinski definition) is 4. The van der Waals surface area contributed by atoms with Crippen molar-refractivity contribution in [2.45, 2.75) is 25.5 Å². The van der Waals surface area contributed by atoms with Crippen LogP contribution >= 0.6 is 0 Å². The quantitative estimate of drug-likeness (QED) is 0.815. The van der Waals surface area contributed by atoms with E-state index in [1.165, 1.54) is 0 Å². The van der Waals surface area contributed by atoms with Crippen molar-refractivity contribution in [3.63, 3.8) is 0 Å². The second-order valence-electron chi connectivity index (χ2n) is 5.57. The maximum absolute atomic E-state index is 10.2. The summed E-state index contributed by atoms with van der Waals surface area (Å²) in [5, 5.41) is 22.3. The number of benzene rings is 1. The van der Waals surface area contributed by atoms with Crippen LogP contribution in [0, 0.1) is 11.3 Å². The molecule has 2 unspecified atom stereocenters. The summed E-state index contributed by atoms with van der Waals surface area (Å²) in [5.74, 6) is 0. The van der Waals surface area contributed by atoms with Gasteiger partial charge in [0.1, 0.15) is 0 Å². The van der Waals surface area contributed by atoms with Crippen molar-refractivity contribution < 1.29 is 5.11 Å². The Balaban J connectivity index is 2.55. The largest absolute Gasteiger partial charge is 0.388 e. The standard InChI is InChI=1S/C15H23N3O/c1-12(14-7-5-13(9-16)6-8-14)17-10-15(2,19)11-18(3)4/h5-8,12,17,19H,10-11H2,1-4H3. The van der Waals surface area contributed by atoms with Crippen LogP contribution in [0.1, 0.15) is 31.0 Å². The average Bonchev–Trinajstić information content (AvgIpc) is 2.34. The van der Waals surface area contributed by atoms with E-state index in [0.717, 1.165) is 5.56 Å². The number of nitriles is 1. The van der Waals surface area contributed by atoms with E-state index in [0.29, 0.717) is 18.7 Å². The van der Waals surface area contributed by atoms with Crippen molar-refractivity contribution in [1.82, 2.24) is 10.2 Å². The topological polar surface area (TPSA) is 59.3 Å². The molecule has 0 aliphatic carbocycles. The van der Waals surface area contributed by atoms with Crippen molar-refractivity contribution in [2.75, 3.05) is 27.2 Å². The molecule has 0 fully saturated rings. The van der Waals surface area contributed by atoms with Crippen molar-refractivity contribution in [3.8, 4) is 6.07 Å². The second-order valence-corrected chi connectivity index (χ2v) is 5.57. The molecule has 2 N–H and O–H groups in total. The van der Waals surface area contributed by atoms with Gasteiger partial charge >= 0.3 is 0 Å². The Bertz CT molecular complexity index is 432. The molecule has 4 nitrogen and oxygen atoms in total. The Hall–Kier alpha value is -1.41. The van der Waals surface area contributed by atoms with Crippen LogP contribution in [0.3, 0.4) is 0 Å². The molecule has 0 radical (unpaired) electrons. The van der Waals surface area contributed by atoms with Crippen molar-refractivity contribution in [1.29, 1.82) is 5.26 Å². The first-order valence-corrected chi connectivity index (χ1v) is 6.44. The number of aliphatic hydroxyl groups is 1. The van der Waals surface area contributed by atoms with E-state index >= 15 is 0 Å². The molecule has 0 aromatic heterocycles. The molecule has 4 heteroatoms. The fraction of sp³-hybridized carbons (Fsp3) is 0.533. The lowest BCUT2D eigenvalue weighted by molar-refractivity contribution is 0.0317. The molecule has 0 aliphatic rings. The lowest BCUT2D eigenvalue weighted by atomic mass is 10.0. The molecule has 0 saturated heterocycles. The molecule has 0 heterocycles. The van der Waals surface area contributed by atoms with Gasteiger partial charge in [0.05, 0.1) is 17.2 Å². The van der Waals surface area contributed by atoms with Gasteiger partial charge in [0.25, 0.3) is 0 Å². The average molecular weight is 261 g/mol. The van der Waals surface area contributed by atoms with E-state index < -0.39 is 5.60 Å². The van der Waals surface area contributed by atoms with Gasteiger partial charge < -0.3 is 15.3 Å². The van der Waals surface area contributed by atoms with Gasteiger partial charge in [-0.2, -0.15) is 5.26 Å². The fourth-order valence-electron chi connectivity index (χ4n) is 2.07. The zero-order valence-corrected chi connectivity index (χ0v) is 12.1. The van der Waals surface area contributed by atoms with Gasteiger partial charge in [-0.1, -0.05) is 12.1 Å². The van der Waals surface area contributed by atoms with E-state index in [-0.39, 0.29) is 6.04 Å². The normalized spacial score (nSPS) is 15.8. The zero-order chi connectivity index (χ0) is 14.5. The third-order valence-corrected chi connectivity index (χ3v) is 2.99. The molecule has 1 aromatic carbocycles. The first-order chi connectivity index (χ1) is 8.84. The van der Waals surface area contributed by atoms with Crippen LogP contribution in [0.2, 0.25) is 0 Å². The molecule has 0 spiro atoms. The molecule has 0 bridgehead atoms. The lowest BCUT2D eigenvalue weighted by Gasteiger charge is -2.29. The number of nitrogens with zero attached hydrogens (tertiary/aromatic N) is 2. The minimum Gasteiger partial charge on any atom is -0.388 e. The van der Waals surface area contributed by atoms with Gasteiger partial charge in [0.2, 0.25) is 0 Å². The molecule has 104 valence electrons. The van der Waals surface area contributed by atoms with Crippen LogP contribution in [-0.4, -0.2) is 42.8 Å². The molecular weight excluding hydrogens is 238 g/mol. The molecule has 0 amide bonds. The summed E-state index contributed by atoms with van der Waals surface area (Å²) >= 11 is 0. The minimum absolute atomic E-state index is 0.140. The third kappa shape index (κ3) is 5.39. The Kier molecular flexibility index (Phi) is 5.49. The summed E-state index contributed by atoms with van der Waals surface area (Å²) < 4.78 is 0. The summed E-state index contributed by atoms with van der Waals surface area (Å²) in [5.41, 5.74) is 1.01. The number of likely N-dealkylation sites (N-methyl/N-ethyl adjacent to an activating group) is 1. The Morgan fingerprint density at radius 1 is 1.37 bits per heavy atom. The van der Waals surface area contributed by atoms with E-state index in [4.69, 9.17) is 5.26 Å². The van der Waals surface area contributed by atoms with E-state index in [1.807, 2.05) is 57.1 Å².